The predicted octanol–water partition coefficient (Wildman–Crippen LogP) is 3.41. The lowest BCUT2D eigenvalue weighted by molar-refractivity contribution is -0.126. The SMILES string of the molecule is CC(NC(=O)[C@H]1CCN[C@@H](C)C1)c1cccc2ccccc12. The van der Waals surface area contributed by atoms with Crippen molar-refractivity contribution in [1.82, 2.24) is 10.6 Å². The zero-order valence-corrected chi connectivity index (χ0v) is 13.3. The third-order valence-corrected chi connectivity index (χ3v) is 4.64. The van der Waals surface area contributed by atoms with Gasteiger partial charge in [0, 0.05) is 12.0 Å². The number of benzene rings is 2. The van der Waals surface area contributed by atoms with E-state index in [1.807, 2.05) is 6.07 Å². The average Bonchev–Trinajstić information content (AvgIpc) is 2.54. The van der Waals surface area contributed by atoms with Crippen molar-refractivity contribution in [3.63, 3.8) is 0 Å². The van der Waals surface area contributed by atoms with Gasteiger partial charge in [-0.2, -0.15) is 0 Å². The molecular weight excluding hydrogens is 272 g/mol. The van der Waals surface area contributed by atoms with Gasteiger partial charge in [-0.25, -0.2) is 0 Å². The van der Waals surface area contributed by atoms with Crippen molar-refractivity contribution in [3.05, 3.63) is 48.0 Å². The van der Waals surface area contributed by atoms with Crippen LogP contribution in [-0.2, 0) is 4.79 Å². The van der Waals surface area contributed by atoms with Crippen molar-refractivity contribution in [2.45, 2.75) is 38.8 Å². The molecule has 1 aliphatic heterocycles. The molecule has 3 nitrogen and oxygen atoms in total. The van der Waals surface area contributed by atoms with E-state index in [1.165, 1.54) is 16.3 Å². The molecule has 0 bridgehead atoms. The maximum atomic E-state index is 12.5. The number of rotatable bonds is 3. The Hall–Kier alpha value is -1.87. The van der Waals surface area contributed by atoms with Gasteiger partial charge in [-0.3, -0.25) is 4.79 Å². The highest BCUT2D eigenvalue weighted by Crippen LogP contribution is 2.25. The van der Waals surface area contributed by atoms with E-state index >= 15 is 0 Å². The highest BCUT2D eigenvalue weighted by atomic mass is 16.1. The van der Waals surface area contributed by atoms with Crippen LogP contribution < -0.4 is 10.6 Å². The second-order valence-electron chi connectivity index (χ2n) is 6.38. The highest BCUT2D eigenvalue weighted by molar-refractivity contribution is 5.87. The minimum absolute atomic E-state index is 0.0313. The first-order valence-corrected chi connectivity index (χ1v) is 8.16. The summed E-state index contributed by atoms with van der Waals surface area (Å²) in [6.45, 7) is 5.15. The van der Waals surface area contributed by atoms with E-state index in [2.05, 4.69) is 60.9 Å². The quantitative estimate of drug-likeness (QED) is 0.911. The first-order chi connectivity index (χ1) is 10.6. The molecule has 3 rings (SSSR count). The average molecular weight is 296 g/mol. The smallest absolute Gasteiger partial charge is 0.223 e. The Morgan fingerprint density at radius 1 is 1.23 bits per heavy atom. The summed E-state index contributed by atoms with van der Waals surface area (Å²) in [5.74, 6) is 0.322. The van der Waals surface area contributed by atoms with E-state index < -0.39 is 0 Å². The van der Waals surface area contributed by atoms with Crippen LogP contribution in [-0.4, -0.2) is 18.5 Å². The molecule has 3 atom stereocenters. The number of hydrogen-bond donors (Lipinski definition) is 2. The molecule has 0 radical (unpaired) electrons. The van der Waals surface area contributed by atoms with Crippen LogP contribution in [0.15, 0.2) is 42.5 Å². The second-order valence-corrected chi connectivity index (χ2v) is 6.38. The molecule has 0 aliphatic carbocycles. The van der Waals surface area contributed by atoms with Crippen LogP contribution in [0.3, 0.4) is 0 Å². The molecule has 116 valence electrons. The third kappa shape index (κ3) is 3.14. The summed E-state index contributed by atoms with van der Waals surface area (Å²) >= 11 is 0. The summed E-state index contributed by atoms with van der Waals surface area (Å²) in [7, 11) is 0. The van der Waals surface area contributed by atoms with Crippen molar-refractivity contribution in [1.29, 1.82) is 0 Å². The summed E-state index contributed by atoms with van der Waals surface area (Å²) in [4.78, 5) is 12.5. The highest BCUT2D eigenvalue weighted by Gasteiger charge is 2.25. The number of hydrogen-bond acceptors (Lipinski definition) is 2. The van der Waals surface area contributed by atoms with Gasteiger partial charge in [-0.15, -0.1) is 0 Å². The van der Waals surface area contributed by atoms with Gasteiger partial charge in [0.05, 0.1) is 6.04 Å². The number of carbonyl (C=O) groups is 1. The van der Waals surface area contributed by atoms with Gasteiger partial charge in [0.25, 0.3) is 0 Å². The summed E-state index contributed by atoms with van der Waals surface area (Å²) in [5, 5.41) is 9.05. The molecule has 22 heavy (non-hydrogen) atoms. The molecular formula is C19H24N2O. The maximum absolute atomic E-state index is 12.5. The molecule has 0 saturated carbocycles. The Labute approximate surface area is 132 Å². The van der Waals surface area contributed by atoms with Crippen LogP contribution in [0.2, 0.25) is 0 Å². The Morgan fingerprint density at radius 2 is 2.00 bits per heavy atom. The van der Waals surface area contributed by atoms with Gasteiger partial charge in [-0.1, -0.05) is 42.5 Å². The van der Waals surface area contributed by atoms with Gasteiger partial charge in [0.2, 0.25) is 5.91 Å². The first-order valence-electron chi connectivity index (χ1n) is 8.16. The number of carbonyl (C=O) groups excluding carboxylic acids is 1. The van der Waals surface area contributed by atoms with E-state index in [0.717, 1.165) is 19.4 Å². The van der Waals surface area contributed by atoms with Crippen molar-refractivity contribution in [3.8, 4) is 0 Å². The molecule has 1 fully saturated rings. The van der Waals surface area contributed by atoms with Crippen LogP contribution in [0.25, 0.3) is 10.8 Å². The Balaban J connectivity index is 1.75. The fraction of sp³-hybridized carbons (Fsp3) is 0.421. The molecule has 1 amide bonds. The van der Waals surface area contributed by atoms with Crippen LogP contribution in [0.1, 0.15) is 38.3 Å². The van der Waals surface area contributed by atoms with Crippen molar-refractivity contribution < 1.29 is 4.79 Å². The standard InChI is InChI=1S/C19H24N2O/c1-13-12-16(10-11-20-13)19(22)21-14(2)17-9-5-7-15-6-3-4-8-18(15)17/h3-9,13-14,16,20H,10-12H2,1-2H3,(H,21,22)/t13-,14?,16-/m0/s1. The Bertz CT molecular complexity index is 662. The van der Waals surface area contributed by atoms with E-state index in [9.17, 15) is 4.79 Å². The Morgan fingerprint density at radius 3 is 2.82 bits per heavy atom. The lowest BCUT2D eigenvalue weighted by Gasteiger charge is -2.28. The van der Waals surface area contributed by atoms with Crippen molar-refractivity contribution in [2.24, 2.45) is 5.92 Å². The number of nitrogens with one attached hydrogen (secondary N) is 2. The molecule has 1 unspecified atom stereocenters. The summed E-state index contributed by atoms with van der Waals surface area (Å²) in [6.07, 6.45) is 1.85. The molecule has 1 aliphatic rings. The zero-order chi connectivity index (χ0) is 15.5. The monoisotopic (exact) mass is 296 g/mol. The topological polar surface area (TPSA) is 41.1 Å². The molecule has 1 heterocycles. The normalized spacial score (nSPS) is 23.2. The molecule has 2 N–H and O–H groups in total. The van der Waals surface area contributed by atoms with E-state index in [-0.39, 0.29) is 17.9 Å². The summed E-state index contributed by atoms with van der Waals surface area (Å²) in [6, 6.07) is 15.1. The van der Waals surface area contributed by atoms with Crippen LogP contribution in [0, 0.1) is 5.92 Å². The number of fused-ring (bicyclic) bond motifs is 1. The molecule has 2 aromatic carbocycles. The predicted molar refractivity (Wildman–Crippen MR) is 90.7 cm³/mol. The zero-order valence-electron chi connectivity index (χ0n) is 13.3. The Kier molecular flexibility index (Phi) is 4.44. The van der Waals surface area contributed by atoms with E-state index in [1.54, 1.807) is 0 Å². The van der Waals surface area contributed by atoms with E-state index in [0.29, 0.717) is 6.04 Å². The third-order valence-electron chi connectivity index (χ3n) is 4.64. The molecule has 1 saturated heterocycles. The lowest BCUT2D eigenvalue weighted by atomic mass is 9.91. The first kappa shape index (κ1) is 15.0. The van der Waals surface area contributed by atoms with Gasteiger partial charge in [-0.05, 0) is 49.6 Å². The van der Waals surface area contributed by atoms with Crippen molar-refractivity contribution in [2.75, 3.05) is 6.54 Å². The van der Waals surface area contributed by atoms with E-state index in [4.69, 9.17) is 0 Å². The van der Waals surface area contributed by atoms with Gasteiger partial charge >= 0.3 is 0 Å². The summed E-state index contributed by atoms with van der Waals surface area (Å²) in [5.41, 5.74) is 1.19. The minimum Gasteiger partial charge on any atom is -0.349 e. The maximum Gasteiger partial charge on any atom is 0.223 e. The summed E-state index contributed by atoms with van der Waals surface area (Å²) < 4.78 is 0. The molecule has 3 heteroatoms. The van der Waals surface area contributed by atoms with Crippen LogP contribution >= 0.6 is 0 Å². The fourth-order valence-corrected chi connectivity index (χ4v) is 3.41. The van der Waals surface area contributed by atoms with Crippen LogP contribution in [0.4, 0.5) is 0 Å². The number of amides is 1. The number of piperidine rings is 1. The van der Waals surface area contributed by atoms with Gasteiger partial charge in [0.15, 0.2) is 0 Å². The molecule has 2 aromatic rings. The van der Waals surface area contributed by atoms with Gasteiger partial charge < -0.3 is 10.6 Å². The molecule has 0 spiro atoms. The second kappa shape index (κ2) is 6.49. The minimum atomic E-state index is 0.0313. The van der Waals surface area contributed by atoms with Crippen molar-refractivity contribution >= 4 is 16.7 Å². The fourth-order valence-electron chi connectivity index (χ4n) is 3.41. The lowest BCUT2D eigenvalue weighted by Crippen LogP contribution is -2.42. The van der Waals surface area contributed by atoms with Gasteiger partial charge in [0.1, 0.15) is 0 Å². The molecule has 0 aromatic heterocycles. The largest absolute Gasteiger partial charge is 0.349 e. The van der Waals surface area contributed by atoms with Crippen LogP contribution in [0.5, 0.6) is 0 Å².